The van der Waals surface area contributed by atoms with Crippen molar-refractivity contribution >= 4 is 53.5 Å². The van der Waals surface area contributed by atoms with E-state index < -0.39 is 25.8 Å². The molecule has 0 radical (unpaired) electrons. The van der Waals surface area contributed by atoms with Gasteiger partial charge in [-0.3, -0.25) is 0 Å². The molecular weight excluding hydrogens is 799 g/mol. The molecule has 0 spiro atoms. The Kier molecular flexibility index (Phi) is 11.6. The first kappa shape index (κ1) is 40.3. The first-order chi connectivity index (χ1) is 24.9. The SMILES string of the molecule is Cc1ccc(-c2c(C)c(C)cc3c2C=C(c2ccc(C)o2)[CH]3[Zr]([CH]2C(c3ccc(C)o3)=Cc3c2cc(C)c(C)c3-c2ccc(C)cc2)=[Si](C)C)cc1.Cl.Cl. The molecule has 2 atom stereocenters. The predicted molar refractivity (Wildman–Crippen MR) is 232 cm³/mol. The third kappa shape index (κ3) is 6.87. The van der Waals surface area contributed by atoms with Gasteiger partial charge < -0.3 is 0 Å². The van der Waals surface area contributed by atoms with Gasteiger partial charge in [0, 0.05) is 0 Å². The van der Waals surface area contributed by atoms with E-state index in [0.29, 0.717) is 7.25 Å². The molecule has 0 saturated heterocycles. The minimum absolute atomic E-state index is 0. The number of halogens is 2. The molecule has 0 aliphatic heterocycles. The molecule has 0 bridgehead atoms. The fourth-order valence-electron chi connectivity index (χ4n) is 8.73. The maximum atomic E-state index is 6.59. The molecule has 276 valence electrons. The van der Waals surface area contributed by atoms with Crippen LogP contribution in [0.1, 0.15) is 85.9 Å². The van der Waals surface area contributed by atoms with Gasteiger partial charge in [0.05, 0.1) is 0 Å². The van der Waals surface area contributed by atoms with Crippen LogP contribution in [0.2, 0.25) is 13.1 Å². The van der Waals surface area contributed by atoms with Gasteiger partial charge in [-0.2, -0.15) is 0 Å². The van der Waals surface area contributed by atoms with Crippen LogP contribution >= 0.6 is 24.8 Å². The Hall–Kier alpha value is -3.40. The van der Waals surface area contributed by atoms with Crippen LogP contribution < -0.4 is 0 Å². The van der Waals surface area contributed by atoms with Gasteiger partial charge in [0.15, 0.2) is 0 Å². The Morgan fingerprint density at radius 2 is 0.870 bits per heavy atom. The average Bonchev–Trinajstić information content (AvgIpc) is 3.90. The van der Waals surface area contributed by atoms with E-state index in [4.69, 9.17) is 8.83 Å². The van der Waals surface area contributed by atoms with E-state index in [9.17, 15) is 0 Å². The van der Waals surface area contributed by atoms with Gasteiger partial charge in [0.1, 0.15) is 0 Å². The van der Waals surface area contributed by atoms with Gasteiger partial charge in [-0.05, 0) is 0 Å². The van der Waals surface area contributed by atoms with Crippen LogP contribution in [0.25, 0.3) is 45.6 Å². The van der Waals surface area contributed by atoms with E-state index >= 15 is 0 Å². The summed E-state index contributed by atoms with van der Waals surface area (Å²) in [5, 5.41) is 0. The van der Waals surface area contributed by atoms with Gasteiger partial charge in [0.2, 0.25) is 0 Å². The fourth-order valence-corrected chi connectivity index (χ4v) is 28.5. The van der Waals surface area contributed by atoms with E-state index in [2.05, 4.69) is 166 Å². The maximum Gasteiger partial charge on any atom is -0.147 e. The molecular formula is C48H50Cl2O2SiZr. The monoisotopic (exact) mass is 846 g/mol. The summed E-state index contributed by atoms with van der Waals surface area (Å²) >= 11 is -2.67. The Balaban J connectivity index is 0.00000249. The first-order valence-corrected chi connectivity index (χ1v) is 27.6. The summed E-state index contributed by atoms with van der Waals surface area (Å²) in [6.45, 7) is 23.0. The normalized spacial score (nSPS) is 15.5. The molecule has 2 nitrogen and oxygen atoms in total. The number of fused-ring (bicyclic) bond motifs is 2. The second-order valence-corrected chi connectivity index (χ2v) is 33.3. The second-order valence-electron chi connectivity index (χ2n) is 15.5. The van der Waals surface area contributed by atoms with Crippen molar-refractivity contribution in [2.75, 3.05) is 0 Å². The average molecular weight is 849 g/mol. The van der Waals surface area contributed by atoms with Gasteiger partial charge in [-0.25, -0.2) is 0 Å². The minimum atomic E-state index is -2.67. The molecule has 2 aromatic heterocycles. The number of rotatable bonds is 6. The van der Waals surface area contributed by atoms with E-state index in [1.807, 2.05) is 0 Å². The molecule has 2 aliphatic rings. The molecule has 0 fully saturated rings. The Morgan fingerprint density at radius 1 is 0.500 bits per heavy atom. The van der Waals surface area contributed by atoms with Crippen molar-refractivity contribution in [3.05, 3.63) is 164 Å². The van der Waals surface area contributed by atoms with Crippen molar-refractivity contribution in [3.63, 3.8) is 0 Å². The Labute approximate surface area is 341 Å². The summed E-state index contributed by atoms with van der Waals surface area (Å²) in [4.78, 5) is 0. The van der Waals surface area contributed by atoms with Crippen molar-refractivity contribution in [2.45, 2.75) is 75.7 Å². The van der Waals surface area contributed by atoms with Crippen LogP contribution in [0.4, 0.5) is 0 Å². The molecule has 6 aromatic rings. The summed E-state index contributed by atoms with van der Waals surface area (Å²) in [5.74, 6) is 3.99. The zero-order valence-electron chi connectivity index (χ0n) is 33.0. The molecule has 2 heterocycles. The van der Waals surface area contributed by atoms with Crippen LogP contribution in [0.15, 0.2) is 93.8 Å². The van der Waals surface area contributed by atoms with Gasteiger partial charge >= 0.3 is 320 Å². The largest absolute Gasteiger partial charge is 0.147 e. The molecule has 6 heteroatoms. The van der Waals surface area contributed by atoms with Gasteiger partial charge in [-0.15, -0.1) is 24.8 Å². The van der Waals surface area contributed by atoms with Crippen LogP contribution in [0.5, 0.6) is 0 Å². The third-order valence-corrected chi connectivity index (χ3v) is 30.8. The smallest absolute Gasteiger partial charge is 0.147 e. The molecule has 54 heavy (non-hydrogen) atoms. The number of hydrogen-bond donors (Lipinski definition) is 0. The van der Waals surface area contributed by atoms with Crippen molar-refractivity contribution in [1.82, 2.24) is 0 Å². The Bertz CT molecular complexity index is 2340. The number of benzene rings is 4. The van der Waals surface area contributed by atoms with E-state index in [0.717, 1.165) is 23.0 Å². The van der Waals surface area contributed by atoms with Crippen LogP contribution in [-0.4, -0.2) is 5.43 Å². The number of hydrogen-bond acceptors (Lipinski definition) is 2. The summed E-state index contributed by atoms with van der Waals surface area (Å²) in [6.07, 6.45) is 5.05. The van der Waals surface area contributed by atoms with Crippen LogP contribution in [0.3, 0.4) is 0 Å². The van der Waals surface area contributed by atoms with Gasteiger partial charge in [-0.1, -0.05) is 0 Å². The van der Waals surface area contributed by atoms with Crippen molar-refractivity contribution < 1.29 is 29.2 Å². The minimum Gasteiger partial charge on any atom is -0.147 e. The molecule has 0 amide bonds. The fraction of sp³-hybridized carbons (Fsp3) is 0.250. The third-order valence-electron chi connectivity index (χ3n) is 11.6. The van der Waals surface area contributed by atoms with Crippen LogP contribution in [0, 0.1) is 55.4 Å². The van der Waals surface area contributed by atoms with E-state index in [1.54, 1.807) is 0 Å². The summed E-state index contributed by atoms with van der Waals surface area (Å²) in [5.41, 5.74) is 21.2. The van der Waals surface area contributed by atoms with Gasteiger partial charge in [0.25, 0.3) is 0 Å². The van der Waals surface area contributed by atoms with Crippen molar-refractivity contribution in [2.24, 2.45) is 0 Å². The Morgan fingerprint density at radius 3 is 1.19 bits per heavy atom. The molecule has 4 aromatic carbocycles. The van der Waals surface area contributed by atoms with Crippen LogP contribution in [-0.2, 0) is 20.4 Å². The van der Waals surface area contributed by atoms with Crippen molar-refractivity contribution in [1.29, 1.82) is 0 Å². The first-order valence-electron chi connectivity index (χ1n) is 18.6. The van der Waals surface area contributed by atoms with E-state index in [-0.39, 0.29) is 24.8 Å². The predicted octanol–water partition coefficient (Wildman–Crippen LogP) is 14.3. The number of aryl methyl sites for hydroxylation is 6. The molecule has 0 N–H and O–H groups in total. The molecule has 2 aliphatic carbocycles. The standard InChI is InChI=1S/2C23H21O.C2H6Si.2ClH.Zr/c2*1-14-5-8-18(9-6-14)23-17(4)15(2)11-19-12-20(13-21(19)23)22-10-7-16(3)24-22;1-3-2;;;/h2*5-13H,1-4H3;1-2H3;2*1H;. The summed E-state index contributed by atoms with van der Waals surface area (Å²) in [6, 6.07) is 32.1. The second kappa shape index (κ2) is 15.6. The molecule has 0 saturated carbocycles. The zero-order chi connectivity index (χ0) is 36.6. The number of allylic oxidation sites excluding steroid dienone is 2. The zero-order valence-corrected chi connectivity index (χ0v) is 38.1. The molecule has 8 rings (SSSR count). The quantitative estimate of drug-likeness (QED) is 0.156. The molecule has 2 unspecified atom stereocenters. The topological polar surface area (TPSA) is 26.3 Å². The summed E-state index contributed by atoms with van der Waals surface area (Å²) in [7, 11) is 0. The summed E-state index contributed by atoms with van der Waals surface area (Å²) < 4.78 is 13.9. The van der Waals surface area contributed by atoms with E-state index in [1.165, 1.54) is 89.0 Å². The maximum absolute atomic E-state index is 6.59. The number of furan rings is 2. The van der Waals surface area contributed by atoms with Crippen molar-refractivity contribution in [3.8, 4) is 22.3 Å².